The molecule has 0 saturated carbocycles. The Labute approximate surface area is 143 Å². The molecule has 0 aromatic heterocycles. The second-order valence-electron chi connectivity index (χ2n) is 5.21. The number of benzene rings is 2. The van der Waals surface area contributed by atoms with Crippen LogP contribution >= 0.6 is 0 Å². The molecule has 0 saturated heterocycles. The van der Waals surface area contributed by atoms with Crippen molar-refractivity contribution < 1.29 is 14.6 Å². The van der Waals surface area contributed by atoms with Gasteiger partial charge in [-0.05, 0) is 42.8 Å². The molecule has 0 unspecified atom stereocenters. The fraction of sp³-hybridized carbons (Fsp3) is 0.300. The third-order valence-electron chi connectivity index (χ3n) is 3.47. The van der Waals surface area contributed by atoms with Crippen molar-refractivity contribution >= 4 is 5.69 Å². The van der Waals surface area contributed by atoms with E-state index in [0.717, 1.165) is 28.3 Å². The molecular formula is C20H23NO3. The maximum atomic E-state index is 9.44. The normalized spacial score (nSPS) is 10.0. The first-order chi connectivity index (χ1) is 11.8. The number of terminal acetylenes is 1. The molecule has 2 aromatic rings. The van der Waals surface area contributed by atoms with Crippen LogP contribution in [0.25, 0.3) is 0 Å². The van der Waals surface area contributed by atoms with Gasteiger partial charge in [-0.15, -0.1) is 12.3 Å². The lowest BCUT2D eigenvalue weighted by Gasteiger charge is -2.12. The van der Waals surface area contributed by atoms with Crippen molar-refractivity contribution in [2.75, 3.05) is 18.5 Å². The van der Waals surface area contributed by atoms with Crippen LogP contribution in [0.3, 0.4) is 0 Å². The molecule has 0 bridgehead atoms. The number of rotatable bonds is 9. The summed E-state index contributed by atoms with van der Waals surface area (Å²) in [4.78, 5) is 0. The summed E-state index contributed by atoms with van der Waals surface area (Å²) < 4.78 is 11.0. The van der Waals surface area contributed by atoms with Crippen LogP contribution in [0.15, 0.2) is 42.5 Å². The summed E-state index contributed by atoms with van der Waals surface area (Å²) in [6, 6.07) is 13.6. The molecule has 2 N–H and O–H groups in total. The Morgan fingerprint density at radius 1 is 1.12 bits per heavy atom. The Morgan fingerprint density at radius 2 is 1.92 bits per heavy atom. The van der Waals surface area contributed by atoms with E-state index in [1.165, 1.54) is 0 Å². The molecule has 0 atom stereocenters. The van der Waals surface area contributed by atoms with Gasteiger partial charge < -0.3 is 19.9 Å². The number of nitrogens with one attached hydrogen (secondary N) is 1. The van der Waals surface area contributed by atoms with Crippen molar-refractivity contribution in [3.8, 4) is 23.8 Å². The number of aliphatic hydroxyl groups is 1. The standard InChI is InChI=1S/C20H23NO3/c1-3-5-12-24-19-9-6-16(7-10-19)14-21-18-8-11-20(23-4-2)17(13-18)15-22/h1,6-11,13,21-22H,4-5,12,14-15H2,2H3. The van der Waals surface area contributed by atoms with Gasteiger partial charge in [-0.3, -0.25) is 0 Å². The van der Waals surface area contributed by atoms with Crippen LogP contribution in [0.1, 0.15) is 24.5 Å². The molecule has 2 aromatic carbocycles. The second kappa shape index (κ2) is 9.49. The minimum Gasteiger partial charge on any atom is -0.494 e. The quantitative estimate of drug-likeness (QED) is 0.546. The fourth-order valence-corrected chi connectivity index (χ4v) is 2.24. The van der Waals surface area contributed by atoms with Crippen molar-refractivity contribution in [1.29, 1.82) is 0 Å². The Morgan fingerprint density at radius 3 is 2.58 bits per heavy atom. The van der Waals surface area contributed by atoms with Crippen LogP contribution in [-0.2, 0) is 13.2 Å². The van der Waals surface area contributed by atoms with E-state index in [0.29, 0.717) is 26.2 Å². The molecular weight excluding hydrogens is 302 g/mol. The summed E-state index contributed by atoms with van der Waals surface area (Å²) in [5.74, 6) is 4.09. The zero-order valence-electron chi connectivity index (χ0n) is 13.9. The molecule has 0 aliphatic rings. The van der Waals surface area contributed by atoms with Gasteiger partial charge in [-0.1, -0.05) is 12.1 Å². The van der Waals surface area contributed by atoms with Gasteiger partial charge in [-0.25, -0.2) is 0 Å². The van der Waals surface area contributed by atoms with Crippen LogP contribution < -0.4 is 14.8 Å². The molecule has 0 spiro atoms. The Balaban J connectivity index is 1.92. The molecule has 0 aliphatic heterocycles. The zero-order chi connectivity index (χ0) is 17.2. The molecule has 0 fully saturated rings. The SMILES string of the molecule is C#CCCOc1ccc(CNc2ccc(OCC)c(CO)c2)cc1. The van der Waals surface area contributed by atoms with E-state index in [-0.39, 0.29) is 6.61 Å². The third-order valence-corrected chi connectivity index (χ3v) is 3.47. The first kappa shape index (κ1) is 17.7. The molecule has 4 nitrogen and oxygen atoms in total. The summed E-state index contributed by atoms with van der Waals surface area (Å²) in [5.41, 5.74) is 2.86. The van der Waals surface area contributed by atoms with E-state index >= 15 is 0 Å². The molecule has 2 rings (SSSR count). The topological polar surface area (TPSA) is 50.7 Å². The number of hydrogen-bond donors (Lipinski definition) is 2. The highest BCUT2D eigenvalue weighted by Crippen LogP contribution is 2.23. The lowest BCUT2D eigenvalue weighted by Crippen LogP contribution is -2.02. The van der Waals surface area contributed by atoms with Gasteiger partial charge >= 0.3 is 0 Å². The van der Waals surface area contributed by atoms with Gasteiger partial charge in [0.25, 0.3) is 0 Å². The van der Waals surface area contributed by atoms with Crippen molar-refractivity contribution in [2.45, 2.75) is 26.5 Å². The van der Waals surface area contributed by atoms with E-state index in [2.05, 4.69) is 11.2 Å². The van der Waals surface area contributed by atoms with Gasteiger partial charge in [0.05, 0.1) is 19.8 Å². The maximum Gasteiger partial charge on any atom is 0.124 e. The highest BCUT2D eigenvalue weighted by molar-refractivity contribution is 5.51. The lowest BCUT2D eigenvalue weighted by atomic mass is 10.1. The Hall–Kier alpha value is -2.64. The van der Waals surface area contributed by atoms with E-state index in [1.807, 2.05) is 49.4 Å². The zero-order valence-corrected chi connectivity index (χ0v) is 13.9. The molecule has 0 heterocycles. The van der Waals surface area contributed by atoms with Crippen molar-refractivity contribution in [2.24, 2.45) is 0 Å². The molecule has 24 heavy (non-hydrogen) atoms. The van der Waals surface area contributed by atoms with E-state index in [9.17, 15) is 5.11 Å². The molecule has 0 amide bonds. The number of anilines is 1. The highest BCUT2D eigenvalue weighted by Gasteiger charge is 2.04. The first-order valence-electron chi connectivity index (χ1n) is 8.02. The minimum atomic E-state index is -0.0471. The van der Waals surface area contributed by atoms with E-state index < -0.39 is 0 Å². The third kappa shape index (κ3) is 5.22. The molecule has 0 radical (unpaired) electrons. The largest absolute Gasteiger partial charge is 0.494 e. The minimum absolute atomic E-state index is 0.0471. The van der Waals surface area contributed by atoms with Gasteiger partial charge in [-0.2, -0.15) is 0 Å². The van der Waals surface area contributed by atoms with Gasteiger partial charge in [0, 0.05) is 24.2 Å². The fourth-order valence-electron chi connectivity index (χ4n) is 2.24. The van der Waals surface area contributed by atoms with Crippen LogP contribution in [0.5, 0.6) is 11.5 Å². The van der Waals surface area contributed by atoms with Crippen molar-refractivity contribution in [1.82, 2.24) is 0 Å². The molecule has 126 valence electrons. The highest BCUT2D eigenvalue weighted by atomic mass is 16.5. The summed E-state index contributed by atoms with van der Waals surface area (Å²) >= 11 is 0. The van der Waals surface area contributed by atoms with Gasteiger partial charge in [0.1, 0.15) is 11.5 Å². The number of aliphatic hydroxyl groups excluding tert-OH is 1. The van der Waals surface area contributed by atoms with Crippen molar-refractivity contribution in [3.63, 3.8) is 0 Å². The van der Waals surface area contributed by atoms with E-state index in [4.69, 9.17) is 15.9 Å². The monoisotopic (exact) mass is 325 g/mol. The van der Waals surface area contributed by atoms with Crippen LogP contribution in [-0.4, -0.2) is 18.3 Å². The number of hydrogen-bond acceptors (Lipinski definition) is 4. The van der Waals surface area contributed by atoms with Crippen LogP contribution in [0.4, 0.5) is 5.69 Å². The summed E-state index contributed by atoms with van der Waals surface area (Å²) in [6.07, 6.45) is 5.80. The average Bonchev–Trinajstić information content (AvgIpc) is 2.62. The Kier molecular flexibility index (Phi) is 7.00. The van der Waals surface area contributed by atoms with Gasteiger partial charge in [0.15, 0.2) is 0 Å². The van der Waals surface area contributed by atoms with Crippen LogP contribution in [0, 0.1) is 12.3 Å². The predicted octanol–water partition coefficient (Wildman–Crippen LogP) is 3.59. The predicted molar refractivity (Wildman–Crippen MR) is 96.2 cm³/mol. The van der Waals surface area contributed by atoms with E-state index in [1.54, 1.807) is 0 Å². The first-order valence-corrected chi connectivity index (χ1v) is 8.02. The summed E-state index contributed by atoms with van der Waals surface area (Å²) in [6.45, 7) is 3.67. The molecule has 0 aliphatic carbocycles. The second-order valence-corrected chi connectivity index (χ2v) is 5.21. The summed E-state index contributed by atoms with van der Waals surface area (Å²) in [7, 11) is 0. The Bertz CT molecular complexity index is 674. The average molecular weight is 325 g/mol. The number of ether oxygens (including phenoxy) is 2. The molecule has 4 heteroatoms. The smallest absolute Gasteiger partial charge is 0.124 e. The van der Waals surface area contributed by atoms with Crippen molar-refractivity contribution in [3.05, 3.63) is 53.6 Å². The summed E-state index contributed by atoms with van der Waals surface area (Å²) in [5, 5.41) is 12.8. The maximum absolute atomic E-state index is 9.44. The van der Waals surface area contributed by atoms with Gasteiger partial charge in [0.2, 0.25) is 0 Å². The van der Waals surface area contributed by atoms with Crippen LogP contribution in [0.2, 0.25) is 0 Å². The lowest BCUT2D eigenvalue weighted by molar-refractivity contribution is 0.267.